The zero-order valence-electron chi connectivity index (χ0n) is 11.2. The molecule has 1 aromatic carbocycles. The Hall–Kier alpha value is -1.10. The molecule has 0 saturated carbocycles. The fourth-order valence-corrected chi connectivity index (χ4v) is 2.69. The highest BCUT2D eigenvalue weighted by Crippen LogP contribution is 2.37. The predicted octanol–water partition coefficient (Wildman–Crippen LogP) is 1.55. The van der Waals surface area contributed by atoms with Crippen LogP contribution in [0, 0.1) is 0 Å². The summed E-state index contributed by atoms with van der Waals surface area (Å²) in [5, 5.41) is 0. The number of rotatable bonds is 6. The van der Waals surface area contributed by atoms with Gasteiger partial charge in [-0.05, 0) is 18.1 Å². The van der Waals surface area contributed by atoms with E-state index >= 15 is 0 Å². The lowest BCUT2D eigenvalue weighted by Gasteiger charge is -2.23. The van der Waals surface area contributed by atoms with E-state index in [4.69, 9.17) is 15.2 Å². The van der Waals surface area contributed by atoms with Gasteiger partial charge in [-0.25, -0.2) is 0 Å². The van der Waals surface area contributed by atoms with Crippen LogP contribution in [0.3, 0.4) is 0 Å². The van der Waals surface area contributed by atoms with E-state index < -0.39 is 0 Å². The van der Waals surface area contributed by atoms with Gasteiger partial charge in [-0.15, -0.1) is 0 Å². The van der Waals surface area contributed by atoms with Gasteiger partial charge in [0.2, 0.25) is 0 Å². The van der Waals surface area contributed by atoms with Crippen LogP contribution in [0.2, 0.25) is 0 Å². The third-order valence-corrected chi connectivity index (χ3v) is 3.57. The summed E-state index contributed by atoms with van der Waals surface area (Å²) >= 11 is 0. The third kappa shape index (κ3) is 2.51. The van der Waals surface area contributed by atoms with Gasteiger partial charge >= 0.3 is 0 Å². The number of methoxy groups -OCH3 is 2. The first-order valence-corrected chi connectivity index (χ1v) is 6.40. The molecule has 0 aliphatic carbocycles. The summed E-state index contributed by atoms with van der Waals surface area (Å²) in [6.07, 6.45) is 1.03. The first-order valence-electron chi connectivity index (χ1n) is 6.40. The Balaban J connectivity index is 2.14. The van der Waals surface area contributed by atoms with Gasteiger partial charge in [0.1, 0.15) is 5.75 Å². The molecule has 1 aliphatic rings. The molecule has 1 heterocycles. The molecule has 0 bridgehead atoms. The van der Waals surface area contributed by atoms with Gasteiger partial charge in [0.05, 0.1) is 7.11 Å². The van der Waals surface area contributed by atoms with E-state index in [1.165, 1.54) is 11.1 Å². The van der Waals surface area contributed by atoms with Gasteiger partial charge in [-0.2, -0.15) is 0 Å². The van der Waals surface area contributed by atoms with Crippen molar-refractivity contribution in [1.29, 1.82) is 0 Å². The Bertz CT molecular complexity index is 395. The van der Waals surface area contributed by atoms with Gasteiger partial charge < -0.3 is 15.2 Å². The lowest BCUT2D eigenvalue weighted by Crippen LogP contribution is -2.29. The molecule has 2 N–H and O–H groups in total. The third-order valence-electron chi connectivity index (χ3n) is 3.57. The Morgan fingerprint density at radius 3 is 2.89 bits per heavy atom. The number of ether oxygens (including phenoxy) is 2. The molecule has 0 spiro atoms. The predicted molar refractivity (Wildman–Crippen MR) is 71.7 cm³/mol. The summed E-state index contributed by atoms with van der Waals surface area (Å²) in [6.45, 7) is 3.37. The maximum Gasteiger partial charge on any atom is 0.123 e. The molecule has 4 heteroatoms. The van der Waals surface area contributed by atoms with Crippen molar-refractivity contribution >= 4 is 0 Å². The molecule has 0 saturated heterocycles. The smallest absolute Gasteiger partial charge is 0.123 e. The highest BCUT2D eigenvalue weighted by atomic mass is 16.5. The van der Waals surface area contributed by atoms with E-state index in [0.717, 1.165) is 31.9 Å². The topological polar surface area (TPSA) is 47.7 Å². The number of hydrogen-bond donors (Lipinski definition) is 1. The van der Waals surface area contributed by atoms with Gasteiger partial charge in [-0.1, -0.05) is 12.1 Å². The first-order chi connectivity index (χ1) is 8.81. The van der Waals surface area contributed by atoms with E-state index in [-0.39, 0.29) is 0 Å². The van der Waals surface area contributed by atoms with Crippen LogP contribution in [0.4, 0.5) is 0 Å². The van der Waals surface area contributed by atoms with Crippen LogP contribution in [-0.2, 0) is 11.3 Å². The van der Waals surface area contributed by atoms with Crippen LogP contribution in [0.1, 0.15) is 23.6 Å². The molecule has 0 amide bonds. The van der Waals surface area contributed by atoms with Crippen molar-refractivity contribution in [3.05, 3.63) is 29.3 Å². The minimum atomic E-state index is 0.312. The summed E-state index contributed by atoms with van der Waals surface area (Å²) < 4.78 is 10.5. The minimum absolute atomic E-state index is 0.312. The van der Waals surface area contributed by atoms with E-state index in [2.05, 4.69) is 11.0 Å². The summed E-state index contributed by atoms with van der Waals surface area (Å²) in [6, 6.07) is 6.53. The van der Waals surface area contributed by atoms with Crippen LogP contribution >= 0.6 is 0 Å². The molecule has 0 fully saturated rings. The van der Waals surface area contributed by atoms with Crippen LogP contribution in [-0.4, -0.2) is 38.8 Å². The number of fused-ring (bicyclic) bond motifs is 1. The van der Waals surface area contributed by atoms with E-state index in [1.807, 2.05) is 12.1 Å². The Labute approximate surface area is 109 Å². The highest BCUT2D eigenvalue weighted by molar-refractivity contribution is 5.44. The molecule has 18 heavy (non-hydrogen) atoms. The summed E-state index contributed by atoms with van der Waals surface area (Å²) in [7, 11) is 3.46. The molecular weight excluding hydrogens is 228 g/mol. The zero-order chi connectivity index (χ0) is 13.0. The second-order valence-electron chi connectivity index (χ2n) is 4.60. The molecule has 2 rings (SSSR count). The minimum Gasteiger partial charge on any atom is -0.496 e. The second-order valence-corrected chi connectivity index (χ2v) is 4.60. The maximum atomic E-state index is 5.92. The quantitative estimate of drug-likeness (QED) is 0.778. The van der Waals surface area contributed by atoms with Crippen molar-refractivity contribution in [3.63, 3.8) is 0 Å². The molecule has 0 aromatic heterocycles. The van der Waals surface area contributed by atoms with Gasteiger partial charge in [0, 0.05) is 45.0 Å². The molecule has 100 valence electrons. The fraction of sp³-hybridized carbons (Fsp3) is 0.571. The summed E-state index contributed by atoms with van der Waals surface area (Å²) in [5.41, 5.74) is 8.52. The lowest BCUT2D eigenvalue weighted by atomic mass is 10.0. The van der Waals surface area contributed by atoms with Crippen molar-refractivity contribution in [2.75, 3.05) is 33.9 Å². The second kappa shape index (κ2) is 6.18. The van der Waals surface area contributed by atoms with Crippen LogP contribution in [0.5, 0.6) is 5.75 Å². The zero-order valence-corrected chi connectivity index (χ0v) is 11.2. The van der Waals surface area contributed by atoms with Gasteiger partial charge in [0.15, 0.2) is 0 Å². The number of nitrogens with two attached hydrogens (primary N) is 1. The van der Waals surface area contributed by atoms with E-state index in [0.29, 0.717) is 12.6 Å². The molecule has 0 radical (unpaired) electrons. The molecule has 1 unspecified atom stereocenters. The average Bonchev–Trinajstić information content (AvgIpc) is 2.76. The summed E-state index contributed by atoms with van der Waals surface area (Å²) in [4.78, 5) is 2.41. The molecule has 1 aromatic rings. The van der Waals surface area contributed by atoms with Crippen LogP contribution in [0.15, 0.2) is 18.2 Å². The van der Waals surface area contributed by atoms with Crippen molar-refractivity contribution in [2.45, 2.75) is 19.0 Å². The van der Waals surface area contributed by atoms with Crippen LogP contribution in [0.25, 0.3) is 0 Å². The highest BCUT2D eigenvalue weighted by Gasteiger charge is 2.30. The monoisotopic (exact) mass is 250 g/mol. The van der Waals surface area contributed by atoms with Crippen molar-refractivity contribution in [1.82, 2.24) is 4.90 Å². The lowest BCUT2D eigenvalue weighted by molar-refractivity contribution is 0.156. The fourth-order valence-electron chi connectivity index (χ4n) is 2.69. The van der Waals surface area contributed by atoms with Crippen LogP contribution < -0.4 is 10.5 Å². The standard InChI is InChI=1S/C14H22N2O2/c1-17-8-4-7-16-10-12-11(13(16)9-15)5-3-6-14(12)18-2/h3,5-6,13H,4,7-10,15H2,1-2H3. The normalized spacial score (nSPS) is 18.9. The van der Waals surface area contributed by atoms with E-state index in [9.17, 15) is 0 Å². The van der Waals surface area contributed by atoms with Crippen molar-refractivity contribution in [3.8, 4) is 5.75 Å². The number of nitrogens with zero attached hydrogens (tertiary/aromatic N) is 1. The largest absolute Gasteiger partial charge is 0.496 e. The maximum absolute atomic E-state index is 5.92. The molecule has 1 aliphatic heterocycles. The summed E-state index contributed by atoms with van der Waals surface area (Å²) in [5.74, 6) is 0.972. The Morgan fingerprint density at radius 2 is 2.22 bits per heavy atom. The molecular formula is C14H22N2O2. The SMILES string of the molecule is COCCCN1Cc2c(OC)cccc2C1CN. The van der Waals surface area contributed by atoms with E-state index in [1.54, 1.807) is 14.2 Å². The van der Waals surface area contributed by atoms with Crippen molar-refractivity contribution in [2.24, 2.45) is 5.73 Å². The Morgan fingerprint density at radius 1 is 1.39 bits per heavy atom. The Kier molecular flexibility index (Phi) is 4.58. The van der Waals surface area contributed by atoms with Gasteiger partial charge in [0.25, 0.3) is 0 Å². The molecule has 4 nitrogen and oxygen atoms in total. The number of hydrogen-bond acceptors (Lipinski definition) is 4. The molecule has 1 atom stereocenters. The van der Waals surface area contributed by atoms with Crippen molar-refractivity contribution < 1.29 is 9.47 Å². The average molecular weight is 250 g/mol. The number of benzene rings is 1. The van der Waals surface area contributed by atoms with Gasteiger partial charge in [-0.3, -0.25) is 4.90 Å². The first kappa shape index (κ1) is 13.3.